The molecule has 0 spiro atoms. The van der Waals surface area contributed by atoms with Crippen LogP contribution in [0.15, 0.2) is 59.5 Å². The predicted molar refractivity (Wildman–Crippen MR) is 93.9 cm³/mol. The van der Waals surface area contributed by atoms with Crippen molar-refractivity contribution in [3.05, 3.63) is 60.2 Å². The minimum atomic E-state index is -3.84. The minimum absolute atomic E-state index is 0.0925. The van der Waals surface area contributed by atoms with Crippen molar-refractivity contribution in [2.45, 2.75) is 24.3 Å². The fourth-order valence-corrected chi connectivity index (χ4v) is 3.51. The highest BCUT2D eigenvalue weighted by Crippen LogP contribution is 2.16. The number of methoxy groups -OCH3 is 1. The normalized spacial score (nSPS) is 12.4. The molecule has 25 heavy (non-hydrogen) atoms. The Morgan fingerprint density at radius 2 is 1.84 bits per heavy atom. The van der Waals surface area contributed by atoms with Crippen molar-refractivity contribution in [2.75, 3.05) is 13.7 Å². The lowest BCUT2D eigenvalue weighted by Crippen LogP contribution is -2.43. The molecule has 0 amide bonds. The second-order valence-electron chi connectivity index (χ2n) is 5.29. The van der Waals surface area contributed by atoms with Crippen molar-refractivity contribution in [3.63, 3.8) is 0 Å². The summed E-state index contributed by atoms with van der Waals surface area (Å²) in [5.74, 6) is 0.0100. The second kappa shape index (κ2) is 8.64. The first-order chi connectivity index (χ1) is 12.0. The minimum Gasteiger partial charge on any atom is -0.497 e. The molecular weight excluding hydrogens is 342 g/mol. The number of nitrogens with one attached hydrogen (secondary N) is 1. The van der Waals surface area contributed by atoms with Gasteiger partial charge in [0.2, 0.25) is 10.0 Å². The SMILES string of the molecule is CCOC(=O)C(Cc1cccc(OC)c1)NS(=O)(=O)c1ccccc1. The predicted octanol–water partition coefficient (Wildman–Crippen LogP) is 2.15. The van der Waals surface area contributed by atoms with E-state index >= 15 is 0 Å². The van der Waals surface area contributed by atoms with E-state index in [0.29, 0.717) is 5.75 Å². The zero-order valence-corrected chi connectivity index (χ0v) is 15.0. The Balaban J connectivity index is 2.25. The van der Waals surface area contributed by atoms with Crippen LogP contribution in [0.1, 0.15) is 12.5 Å². The van der Waals surface area contributed by atoms with Crippen LogP contribution in [0.2, 0.25) is 0 Å². The number of ether oxygens (including phenoxy) is 2. The summed E-state index contributed by atoms with van der Waals surface area (Å²) in [6.07, 6.45) is 0.155. The zero-order chi connectivity index (χ0) is 18.3. The van der Waals surface area contributed by atoms with Gasteiger partial charge in [0.15, 0.2) is 0 Å². The summed E-state index contributed by atoms with van der Waals surface area (Å²) in [5.41, 5.74) is 0.758. The maximum atomic E-state index is 12.5. The maximum Gasteiger partial charge on any atom is 0.324 e. The number of benzene rings is 2. The van der Waals surface area contributed by atoms with Crippen LogP contribution in [0.5, 0.6) is 5.75 Å². The lowest BCUT2D eigenvalue weighted by Gasteiger charge is -2.18. The Kier molecular flexibility index (Phi) is 6.55. The number of esters is 1. The van der Waals surface area contributed by atoms with Gasteiger partial charge in [-0.2, -0.15) is 4.72 Å². The van der Waals surface area contributed by atoms with Gasteiger partial charge in [-0.15, -0.1) is 0 Å². The monoisotopic (exact) mass is 363 g/mol. The highest BCUT2D eigenvalue weighted by atomic mass is 32.2. The average molecular weight is 363 g/mol. The molecule has 0 aliphatic rings. The Morgan fingerprint density at radius 3 is 2.48 bits per heavy atom. The van der Waals surface area contributed by atoms with Gasteiger partial charge in [0.1, 0.15) is 11.8 Å². The quantitative estimate of drug-likeness (QED) is 0.727. The van der Waals surface area contributed by atoms with Crippen LogP contribution in [0.3, 0.4) is 0 Å². The standard InChI is InChI=1S/C18H21NO5S/c1-3-24-18(20)17(13-14-8-7-9-15(12-14)23-2)19-25(21,22)16-10-5-4-6-11-16/h4-12,17,19H,3,13H2,1-2H3. The summed E-state index contributed by atoms with van der Waals surface area (Å²) in [5, 5.41) is 0. The number of carbonyl (C=O) groups excluding carboxylic acids is 1. The molecule has 1 N–H and O–H groups in total. The van der Waals surface area contributed by atoms with Crippen LogP contribution >= 0.6 is 0 Å². The molecule has 6 nitrogen and oxygen atoms in total. The summed E-state index contributed by atoms with van der Waals surface area (Å²) in [4.78, 5) is 12.3. The van der Waals surface area contributed by atoms with Crippen molar-refractivity contribution in [1.29, 1.82) is 0 Å². The first-order valence-electron chi connectivity index (χ1n) is 7.83. The Bertz CT molecular complexity index is 805. The molecule has 0 saturated heterocycles. The van der Waals surface area contributed by atoms with Crippen molar-refractivity contribution in [1.82, 2.24) is 4.72 Å². The van der Waals surface area contributed by atoms with E-state index in [1.807, 2.05) is 0 Å². The van der Waals surface area contributed by atoms with Crippen molar-refractivity contribution in [3.8, 4) is 5.75 Å². The molecule has 0 aromatic heterocycles. The lowest BCUT2D eigenvalue weighted by atomic mass is 10.1. The van der Waals surface area contributed by atoms with E-state index in [4.69, 9.17) is 9.47 Å². The molecule has 1 atom stereocenters. The largest absolute Gasteiger partial charge is 0.497 e. The molecule has 0 heterocycles. The van der Waals surface area contributed by atoms with E-state index in [-0.39, 0.29) is 17.9 Å². The summed E-state index contributed by atoms with van der Waals surface area (Å²) in [6, 6.07) is 14.0. The molecule has 134 valence electrons. The van der Waals surface area contributed by atoms with E-state index in [1.54, 1.807) is 56.5 Å². The Morgan fingerprint density at radius 1 is 1.12 bits per heavy atom. The van der Waals surface area contributed by atoms with Crippen LogP contribution in [-0.2, 0) is 26.0 Å². The smallest absolute Gasteiger partial charge is 0.324 e. The number of hydrogen-bond acceptors (Lipinski definition) is 5. The molecule has 0 aliphatic carbocycles. The van der Waals surface area contributed by atoms with E-state index < -0.39 is 22.0 Å². The van der Waals surface area contributed by atoms with Crippen molar-refractivity contribution < 1.29 is 22.7 Å². The number of hydrogen-bond donors (Lipinski definition) is 1. The fraction of sp³-hybridized carbons (Fsp3) is 0.278. The number of rotatable bonds is 8. The molecule has 2 aromatic rings. The zero-order valence-electron chi connectivity index (χ0n) is 14.1. The molecular formula is C18H21NO5S. The first-order valence-corrected chi connectivity index (χ1v) is 9.31. The third-order valence-electron chi connectivity index (χ3n) is 3.50. The Labute approximate surface area is 147 Å². The summed E-state index contributed by atoms with van der Waals surface area (Å²) >= 11 is 0. The molecule has 7 heteroatoms. The molecule has 2 aromatic carbocycles. The van der Waals surface area contributed by atoms with Gasteiger partial charge in [0.25, 0.3) is 0 Å². The van der Waals surface area contributed by atoms with Gasteiger partial charge in [-0.1, -0.05) is 30.3 Å². The van der Waals surface area contributed by atoms with Gasteiger partial charge in [0.05, 0.1) is 18.6 Å². The molecule has 0 fully saturated rings. The van der Waals surface area contributed by atoms with E-state index in [0.717, 1.165) is 5.56 Å². The van der Waals surface area contributed by atoms with Gasteiger partial charge in [-0.05, 0) is 43.2 Å². The van der Waals surface area contributed by atoms with Crippen molar-refractivity contribution in [2.24, 2.45) is 0 Å². The lowest BCUT2D eigenvalue weighted by molar-refractivity contribution is -0.145. The molecule has 0 saturated carbocycles. The third-order valence-corrected chi connectivity index (χ3v) is 4.98. The van der Waals surface area contributed by atoms with Gasteiger partial charge < -0.3 is 9.47 Å². The highest BCUT2D eigenvalue weighted by molar-refractivity contribution is 7.89. The molecule has 0 bridgehead atoms. The van der Waals surface area contributed by atoms with Gasteiger partial charge in [-0.25, -0.2) is 8.42 Å². The van der Waals surface area contributed by atoms with Crippen LogP contribution in [0.4, 0.5) is 0 Å². The number of carbonyl (C=O) groups is 1. The van der Waals surface area contributed by atoms with Crippen LogP contribution in [-0.4, -0.2) is 34.1 Å². The summed E-state index contributed by atoms with van der Waals surface area (Å²) < 4.78 is 37.7. The van der Waals surface area contributed by atoms with Crippen LogP contribution in [0.25, 0.3) is 0 Å². The molecule has 1 unspecified atom stereocenters. The van der Waals surface area contributed by atoms with E-state index in [9.17, 15) is 13.2 Å². The van der Waals surface area contributed by atoms with Gasteiger partial charge >= 0.3 is 5.97 Å². The average Bonchev–Trinajstić information content (AvgIpc) is 2.62. The topological polar surface area (TPSA) is 81.7 Å². The molecule has 2 rings (SSSR count). The van der Waals surface area contributed by atoms with Crippen molar-refractivity contribution >= 4 is 16.0 Å². The van der Waals surface area contributed by atoms with Gasteiger partial charge in [-0.3, -0.25) is 4.79 Å². The van der Waals surface area contributed by atoms with E-state index in [2.05, 4.69) is 4.72 Å². The fourth-order valence-electron chi connectivity index (χ4n) is 2.31. The summed E-state index contributed by atoms with van der Waals surface area (Å²) in [6.45, 7) is 1.84. The summed E-state index contributed by atoms with van der Waals surface area (Å²) in [7, 11) is -2.30. The molecule has 0 radical (unpaired) electrons. The van der Waals surface area contributed by atoms with Crippen LogP contribution in [0, 0.1) is 0 Å². The van der Waals surface area contributed by atoms with E-state index in [1.165, 1.54) is 12.1 Å². The first kappa shape index (κ1) is 19.0. The molecule has 0 aliphatic heterocycles. The van der Waals surface area contributed by atoms with Gasteiger partial charge in [0, 0.05) is 0 Å². The third kappa shape index (κ3) is 5.30. The Hall–Kier alpha value is -2.38. The highest BCUT2D eigenvalue weighted by Gasteiger charge is 2.27. The second-order valence-corrected chi connectivity index (χ2v) is 7.01. The van der Waals surface area contributed by atoms with Crippen LogP contribution < -0.4 is 9.46 Å². The number of sulfonamides is 1. The maximum absolute atomic E-state index is 12.5.